The van der Waals surface area contributed by atoms with E-state index >= 15 is 0 Å². The summed E-state index contributed by atoms with van der Waals surface area (Å²) in [6.07, 6.45) is 2.49. The Kier molecular flexibility index (Phi) is 14.8. The van der Waals surface area contributed by atoms with Gasteiger partial charge < -0.3 is 48.5 Å². The number of benzene rings is 2. The van der Waals surface area contributed by atoms with Crippen molar-refractivity contribution in [1.82, 2.24) is 16.0 Å². The molecule has 15 heteroatoms. The number of rotatable bonds is 18. The Hall–Kier alpha value is -4.50. The second kappa shape index (κ2) is 18.2. The Morgan fingerprint density at radius 2 is 1.27 bits per heavy atom. The summed E-state index contributed by atoms with van der Waals surface area (Å²) in [5, 5.41) is 36.5. The molecule has 0 aromatic heterocycles. The number of carbonyl (C=O) groups is 4. The van der Waals surface area contributed by atoms with E-state index in [1.165, 1.54) is 36.0 Å². The van der Waals surface area contributed by atoms with Gasteiger partial charge in [-0.05, 0) is 73.1 Å². The number of phenols is 2. The molecule has 44 heavy (non-hydrogen) atoms. The number of carbonyl (C=O) groups excluding carboxylic acids is 3. The van der Waals surface area contributed by atoms with Gasteiger partial charge in [0.2, 0.25) is 17.7 Å². The van der Waals surface area contributed by atoms with Crippen molar-refractivity contribution in [1.29, 1.82) is 0 Å². The summed E-state index contributed by atoms with van der Waals surface area (Å²) in [7, 11) is 0. The van der Waals surface area contributed by atoms with Gasteiger partial charge in [-0.1, -0.05) is 24.3 Å². The molecule has 0 saturated heterocycles. The van der Waals surface area contributed by atoms with Crippen molar-refractivity contribution >= 4 is 41.4 Å². The number of thioether (sulfide) groups is 1. The number of carboxylic acid groups (broad SMARTS) is 1. The van der Waals surface area contributed by atoms with Gasteiger partial charge in [-0.2, -0.15) is 11.8 Å². The fraction of sp³-hybridized carbons (Fsp3) is 0.414. The van der Waals surface area contributed by atoms with Crippen LogP contribution in [0.1, 0.15) is 30.4 Å². The first-order valence-electron chi connectivity index (χ1n) is 13.9. The molecule has 2 aromatic carbocycles. The summed E-state index contributed by atoms with van der Waals surface area (Å²) < 4.78 is 0. The molecule has 0 heterocycles. The van der Waals surface area contributed by atoms with Crippen LogP contribution in [0.3, 0.4) is 0 Å². The van der Waals surface area contributed by atoms with Crippen molar-refractivity contribution in [2.24, 2.45) is 22.2 Å². The first kappa shape index (κ1) is 35.7. The van der Waals surface area contributed by atoms with Crippen LogP contribution >= 0.6 is 11.8 Å². The van der Waals surface area contributed by atoms with E-state index in [1.54, 1.807) is 24.3 Å². The molecule has 0 aliphatic heterocycles. The van der Waals surface area contributed by atoms with Crippen LogP contribution in [0.15, 0.2) is 53.5 Å². The highest BCUT2D eigenvalue weighted by atomic mass is 32.2. The number of phenolic OH excluding ortho intramolecular Hbond substituents is 2. The van der Waals surface area contributed by atoms with Crippen LogP contribution in [0, 0.1) is 0 Å². The summed E-state index contributed by atoms with van der Waals surface area (Å²) in [4.78, 5) is 55.6. The number of nitrogens with two attached hydrogens (primary N) is 3. The van der Waals surface area contributed by atoms with Gasteiger partial charge in [0.05, 0.1) is 6.04 Å². The standard InChI is InChI=1S/C29H41N7O7S/c1-44-14-12-23(28(42)43)35-27(41)24(16-18-6-10-20(38)11-7-18)36-26(40)22(3-2-13-33-29(31)32)34-25(39)21(30)15-17-4-8-19(37)9-5-17/h4-11,21-24,37-38H,2-3,12-16,30H2,1H3,(H,34,39)(H,35,41)(H,36,40)(H,42,43)(H4,31,32,33). The van der Waals surface area contributed by atoms with E-state index in [9.17, 15) is 34.5 Å². The topological polar surface area (TPSA) is 255 Å². The average molecular weight is 632 g/mol. The summed E-state index contributed by atoms with van der Waals surface area (Å²) in [6, 6.07) is 7.61. The molecular formula is C29H41N7O7S. The van der Waals surface area contributed by atoms with E-state index < -0.39 is 47.9 Å². The molecule has 0 spiro atoms. The predicted molar refractivity (Wildman–Crippen MR) is 168 cm³/mol. The van der Waals surface area contributed by atoms with Gasteiger partial charge >= 0.3 is 5.97 Å². The van der Waals surface area contributed by atoms with Crippen LogP contribution in [0.4, 0.5) is 0 Å². The van der Waals surface area contributed by atoms with E-state index in [4.69, 9.17) is 17.2 Å². The number of aliphatic imine (C=N–C) groups is 1. The number of hydrogen-bond acceptors (Lipinski definition) is 9. The number of hydrogen-bond donors (Lipinski definition) is 9. The zero-order valence-corrected chi connectivity index (χ0v) is 25.3. The average Bonchev–Trinajstić information content (AvgIpc) is 2.98. The third-order valence-corrected chi connectivity index (χ3v) is 7.19. The smallest absolute Gasteiger partial charge is 0.326 e. The number of aromatic hydroxyl groups is 2. The molecule has 3 amide bonds. The first-order chi connectivity index (χ1) is 20.9. The zero-order valence-electron chi connectivity index (χ0n) is 24.4. The van der Waals surface area contributed by atoms with Crippen LogP contribution in [-0.4, -0.2) is 87.7 Å². The fourth-order valence-corrected chi connectivity index (χ4v) is 4.62. The minimum absolute atomic E-state index is 0.00832. The molecule has 2 rings (SSSR count). The molecule has 4 atom stereocenters. The molecule has 0 aliphatic rings. The maximum Gasteiger partial charge on any atom is 0.326 e. The Balaban J connectivity index is 2.25. The molecule has 240 valence electrons. The molecule has 0 radical (unpaired) electrons. The molecule has 0 fully saturated rings. The lowest BCUT2D eigenvalue weighted by atomic mass is 10.0. The molecular weight excluding hydrogens is 590 g/mol. The van der Waals surface area contributed by atoms with Crippen LogP contribution in [0.5, 0.6) is 11.5 Å². The lowest BCUT2D eigenvalue weighted by Crippen LogP contribution is -2.57. The van der Waals surface area contributed by atoms with E-state index in [2.05, 4.69) is 20.9 Å². The maximum absolute atomic E-state index is 13.6. The van der Waals surface area contributed by atoms with E-state index in [1.807, 2.05) is 6.26 Å². The molecule has 0 bridgehead atoms. The lowest BCUT2D eigenvalue weighted by molar-refractivity contribution is -0.142. The van der Waals surface area contributed by atoms with Gasteiger partial charge in [0, 0.05) is 13.0 Å². The summed E-state index contributed by atoms with van der Waals surface area (Å²) in [5.74, 6) is -2.84. The maximum atomic E-state index is 13.6. The minimum atomic E-state index is -1.22. The second-order valence-corrected chi connectivity index (χ2v) is 11.1. The highest BCUT2D eigenvalue weighted by molar-refractivity contribution is 7.98. The highest BCUT2D eigenvalue weighted by Gasteiger charge is 2.30. The Morgan fingerprint density at radius 1 is 0.773 bits per heavy atom. The van der Waals surface area contributed by atoms with Crippen LogP contribution in [0.2, 0.25) is 0 Å². The second-order valence-electron chi connectivity index (χ2n) is 10.1. The highest BCUT2D eigenvalue weighted by Crippen LogP contribution is 2.14. The number of amides is 3. The molecule has 0 aliphatic carbocycles. The number of nitrogens with zero attached hydrogens (tertiary/aromatic N) is 1. The lowest BCUT2D eigenvalue weighted by Gasteiger charge is -2.25. The quantitative estimate of drug-likeness (QED) is 0.0579. The molecule has 12 N–H and O–H groups in total. The Bertz CT molecular complexity index is 1270. The van der Waals surface area contributed by atoms with Crippen molar-refractivity contribution in [3.05, 3.63) is 59.7 Å². The first-order valence-corrected chi connectivity index (χ1v) is 15.3. The van der Waals surface area contributed by atoms with Crippen molar-refractivity contribution in [2.45, 2.75) is 56.3 Å². The summed E-state index contributed by atoms with van der Waals surface area (Å²) >= 11 is 1.43. The van der Waals surface area contributed by atoms with Gasteiger partial charge in [-0.15, -0.1) is 0 Å². The third kappa shape index (κ3) is 12.8. The molecule has 14 nitrogen and oxygen atoms in total. The minimum Gasteiger partial charge on any atom is -0.508 e. The molecule has 2 aromatic rings. The van der Waals surface area contributed by atoms with Gasteiger partial charge in [0.1, 0.15) is 29.6 Å². The predicted octanol–water partition coefficient (Wildman–Crippen LogP) is -0.444. The summed E-state index contributed by atoms with van der Waals surface area (Å²) in [6.45, 7) is 0.175. The number of nitrogens with one attached hydrogen (secondary N) is 3. The van der Waals surface area contributed by atoms with E-state index in [0.717, 1.165) is 0 Å². The van der Waals surface area contributed by atoms with Crippen LogP contribution in [-0.2, 0) is 32.0 Å². The number of guanidine groups is 1. The van der Waals surface area contributed by atoms with Crippen molar-refractivity contribution in [3.8, 4) is 11.5 Å². The summed E-state index contributed by atoms with van der Waals surface area (Å²) in [5.41, 5.74) is 18.2. The molecule has 4 unspecified atom stereocenters. The fourth-order valence-electron chi connectivity index (χ4n) is 4.14. The number of aliphatic carboxylic acids is 1. The molecule has 0 saturated carbocycles. The SMILES string of the molecule is CSCCC(NC(=O)C(Cc1ccc(O)cc1)NC(=O)C(CCCN=C(N)N)NC(=O)C(N)Cc1ccc(O)cc1)C(=O)O. The Labute approximate surface area is 259 Å². The zero-order chi connectivity index (χ0) is 32.6. The normalized spacial score (nSPS) is 13.5. The van der Waals surface area contributed by atoms with E-state index in [0.29, 0.717) is 23.3 Å². The van der Waals surface area contributed by atoms with Crippen molar-refractivity contribution in [2.75, 3.05) is 18.6 Å². The van der Waals surface area contributed by atoms with Gasteiger partial charge in [-0.3, -0.25) is 19.4 Å². The van der Waals surface area contributed by atoms with Crippen LogP contribution < -0.4 is 33.2 Å². The van der Waals surface area contributed by atoms with Gasteiger partial charge in [0.15, 0.2) is 5.96 Å². The number of carboxylic acids is 1. The monoisotopic (exact) mass is 631 g/mol. The largest absolute Gasteiger partial charge is 0.508 e. The third-order valence-electron chi connectivity index (χ3n) is 6.54. The van der Waals surface area contributed by atoms with Gasteiger partial charge in [-0.25, -0.2) is 4.79 Å². The van der Waals surface area contributed by atoms with Gasteiger partial charge in [0.25, 0.3) is 0 Å². The van der Waals surface area contributed by atoms with Crippen molar-refractivity contribution < 1.29 is 34.5 Å². The Morgan fingerprint density at radius 3 is 1.80 bits per heavy atom. The van der Waals surface area contributed by atoms with Crippen LogP contribution in [0.25, 0.3) is 0 Å². The van der Waals surface area contributed by atoms with E-state index in [-0.39, 0.29) is 49.7 Å². The van der Waals surface area contributed by atoms with Crippen molar-refractivity contribution in [3.63, 3.8) is 0 Å².